The van der Waals surface area contributed by atoms with Gasteiger partial charge in [0.1, 0.15) is 11.5 Å². The molecule has 0 saturated heterocycles. The number of aryl methyl sites for hydroxylation is 3. The van der Waals surface area contributed by atoms with Crippen molar-refractivity contribution >= 4 is 29.4 Å². The first-order valence-corrected chi connectivity index (χ1v) is 8.82. The molecule has 8 heteroatoms. The number of nitrogens with one attached hydrogen (secondary N) is 1. The molecule has 7 nitrogen and oxygen atoms in total. The zero-order valence-electron chi connectivity index (χ0n) is 15.5. The highest BCUT2D eigenvalue weighted by Gasteiger charge is 2.29. The maximum atomic E-state index is 12.8. The second-order valence-corrected chi connectivity index (χ2v) is 7.04. The first-order chi connectivity index (χ1) is 12.4. The molecule has 1 aliphatic carbocycles. The molecule has 1 saturated carbocycles. The van der Waals surface area contributed by atoms with Crippen LogP contribution in [0.25, 0.3) is 22.4 Å². The zero-order valence-corrected chi connectivity index (χ0v) is 16.4. The summed E-state index contributed by atoms with van der Waals surface area (Å²) in [6, 6.07) is 3.66. The Morgan fingerprint density at radius 3 is 2.70 bits per heavy atom. The van der Waals surface area contributed by atoms with Gasteiger partial charge in [0.2, 0.25) is 0 Å². The summed E-state index contributed by atoms with van der Waals surface area (Å²) in [7, 11) is 0. The Kier molecular flexibility index (Phi) is 5.26. The normalized spacial score (nSPS) is 14.8. The van der Waals surface area contributed by atoms with E-state index in [1.807, 2.05) is 19.9 Å². The Hall–Kier alpha value is -2.38. The van der Waals surface area contributed by atoms with Gasteiger partial charge in [-0.2, -0.15) is 0 Å². The van der Waals surface area contributed by atoms with E-state index in [0.29, 0.717) is 40.5 Å². The Labute approximate surface area is 163 Å². The Balaban J connectivity index is 0.00000210. The summed E-state index contributed by atoms with van der Waals surface area (Å²) in [4.78, 5) is 17.4. The number of rotatable bonds is 5. The summed E-state index contributed by atoms with van der Waals surface area (Å²) >= 11 is 0. The fourth-order valence-electron chi connectivity index (χ4n) is 3.29. The molecule has 3 aromatic heterocycles. The van der Waals surface area contributed by atoms with Crippen LogP contribution in [0, 0.1) is 26.7 Å². The SMILES string of the molecule is Cc1cc(-c2cc(C(=O)NCC(N)C3CC3)c3c(C)noc3n2)c(C)o1.Cl. The number of hydrogen-bond donors (Lipinski definition) is 2. The Morgan fingerprint density at radius 1 is 1.33 bits per heavy atom. The molecule has 1 aliphatic rings. The van der Waals surface area contributed by atoms with Gasteiger partial charge in [-0.3, -0.25) is 4.79 Å². The number of pyridine rings is 1. The van der Waals surface area contributed by atoms with Gasteiger partial charge in [0, 0.05) is 18.2 Å². The van der Waals surface area contributed by atoms with Gasteiger partial charge in [-0.1, -0.05) is 5.16 Å². The molecule has 27 heavy (non-hydrogen) atoms. The largest absolute Gasteiger partial charge is 0.466 e. The van der Waals surface area contributed by atoms with Crippen LogP contribution in [-0.2, 0) is 0 Å². The van der Waals surface area contributed by atoms with Gasteiger partial charge in [0.25, 0.3) is 11.6 Å². The number of hydrogen-bond acceptors (Lipinski definition) is 6. The van der Waals surface area contributed by atoms with Crippen LogP contribution in [0.2, 0.25) is 0 Å². The number of nitrogens with two attached hydrogens (primary N) is 1. The lowest BCUT2D eigenvalue weighted by molar-refractivity contribution is 0.0952. The van der Waals surface area contributed by atoms with Crippen molar-refractivity contribution in [3.05, 3.63) is 34.9 Å². The molecule has 1 fully saturated rings. The lowest BCUT2D eigenvalue weighted by Gasteiger charge is -2.12. The molecule has 1 amide bonds. The molecule has 0 bridgehead atoms. The van der Waals surface area contributed by atoms with Crippen molar-refractivity contribution in [3.63, 3.8) is 0 Å². The molecule has 144 valence electrons. The fourth-order valence-corrected chi connectivity index (χ4v) is 3.29. The average Bonchev–Trinajstić information content (AvgIpc) is 3.32. The molecule has 0 radical (unpaired) electrons. The van der Waals surface area contributed by atoms with Crippen molar-refractivity contribution in [2.75, 3.05) is 6.54 Å². The van der Waals surface area contributed by atoms with Gasteiger partial charge < -0.3 is 20.0 Å². The van der Waals surface area contributed by atoms with Crippen LogP contribution < -0.4 is 11.1 Å². The maximum Gasteiger partial charge on any atom is 0.259 e. The molecular formula is C19H23ClN4O3. The van der Waals surface area contributed by atoms with E-state index in [1.165, 1.54) is 0 Å². The summed E-state index contributed by atoms with van der Waals surface area (Å²) < 4.78 is 10.9. The van der Waals surface area contributed by atoms with E-state index in [-0.39, 0.29) is 24.4 Å². The first kappa shape index (κ1) is 19.4. The van der Waals surface area contributed by atoms with E-state index >= 15 is 0 Å². The molecular weight excluding hydrogens is 368 g/mol. The molecule has 0 aromatic carbocycles. The second-order valence-electron chi connectivity index (χ2n) is 7.04. The van der Waals surface area contributed by atoms with Crippen molar-refractivity contribution in [3.8, 4) is 11.3 Å². The van der Waals surface area contributed by atoms with Crippen molar-refractivity contribution in [1.82, 2.24) is 15.5 Å². The number of fused-ring (bicyclic) bond motifs is 1. The van der Waals surface area contributed by atoms with E-state index in [9.17, 15) is 4.79 Å². The van der Waals surface area contributed by atoms with Crippen LogP contribution in [0.3, 0.4) is 0 Å². The number of amides is 1. The molecule has 4 rings (SSSR count). The number of aromatic nitrogens is 2. The van der Waals surface area contributed by atoms with E-state index in [4.69, 9.17) is 14.7 Å². The molecule has 3 aromatic rings. The minimum Gasteiger partial charge on any atom is -0.466 e. The minimum atomic E-state index is -0.195. The number of carbonyl (C=O) groups is 1. The van der Waals surface area contributed by atoms with Crippen molar-refractivity contribution in [1.29, 1.82) is 0 Å². The maximum absolute atomic E-state index is 12.8. The van der Waals surface area contributed by atoms with Crippen LogP contribution in [0.5, 0.6) is 0 Å². The third kappa shape index (κ3) is 3.70. The second kappa shape index (κ2) is 7.32. The monoisotopic (exact) mass is 390 g/mol. The lowest BCUT2D eigenvalue weighted by Crippen LogP contribution is -2.38. The van der Waals surface area contributed by atoms with Gasteiger partial charge in [-0.15, -0.1) is 12.4 Å². The molecule has 1 unspecified atom stereocenters. The molecule has 3 N–H and O–H groups in total. The van der Waals surface area contributed by atoms with E-state index < -0.39 is 0 Å². The third-order valence-corrected chi connectivity index (χ3v) is 4.90. The van der Waals surface area contributed by atoms with Crippen LogP contribution in [-0.4, -0.2) is 28.6 Å². The Morgan fingerprint density at radius 2 is 2.07 bits per heavy atom. The lowest BCUT2D eigenvalue weighted by atomic mass is 10.1. The molecule has 1 atom stereocenters. The number of carbonyl (C=O) groups excluding carboxylic acids is 1. The molecule has 0 spiro atoms. The number of nitrogens with zero attached hydrogens (tertiary/aromatic N) is 2. The summed E-state index contributed by atoms with van der Waals surface area (Å²) in [5.74, 6) is 1.86. The minimum absolute atomic E-state index is 0. The van der Waals surface area contributed by atoms with Crippen LogP contribution in [0.1, 0.15) is 40.4 Å². The van der Waals surface area contributed by atoms with E-state index in [0.717, 1.165) is 29.9 Å². The smallest absolute Gasteiger partial charge is 0.259 e. The van der Waals surface area contributed by atoms with Crippen molar-refractivity contribution in [2.24, 2.45) is 11.7 Å². The highest BCUT2D eigenvalue weighted by Crippen LogP contribution is 2.32. The summed E-state index contributed by atoms with van der Waals surface area (Å²) in [5, 5.41) is 7.54. The van der Waals surface area contributed by atoms with Crippen LogP contribution in [0.4, 0.5) is 0 Å². The predicted molar refractivity (Wildman–Crippen MR) is 104 cm³/mol. The van der Waals surface area contributed by atoms with Crippen LogP contribution in [0.15, 0.2) is 21.1 Å². The molecule has 3 heterocycles. The molecule has 0 aliphatic heterocycles. The number of furan rings is 1. The van der Waals surface area contributed by atoms with Gasteiger partial charge in [-0.05, 0) is 51.7 Å². The summed E-state index contributed by atoms with van der Waals surface area (Å²) in [6.45, 7) is 6.00. The van der Waals surface area contributed by atoms with Crippen molar-refractivity contribution < 1.29 is 13.7 Å². The quantitative estimate of drug-likeness (QED) is 0.692. The third-order valence-electron chi connectivity index (χ3n) is 4.90. The highest BCUT2D eigenvalue weighted by molar-refractivity contribution is 6.07. The first-order valence-electron chi connectivity index (χ1n) is 8.82. The van der Waals surface area contributed by atoms with E-state index in [1.54, 1.807) is 13.0 Å². The van der Waals surface area contributed by atoms with Gasteiger partial charge in [0.05, 0.1) is 22.3 Å². The summed E-state index contributed by atoms with van der Waals surface area (Å²) in [5.41, 5.74) is 9.03. The van der Waals surface area contributed by atoms with Gasteiger partial charge in [0.15, 0.2) is 0 Å². The van der Waals surface area contributed by atoms with Crippen LogP contribution >= 0.6 is 12.4 Å². The highest BCUT2D eigenvalue weighted by atomic mass is 35.5. The van der Waals surface area contributed by atoms with Gasteiger partial charge >= 0.3 is 0 Å². The van der Waals surface area contributed by atoms with Crippen molar-refractivity contribution in [2.45, 2.75) is 39.7 Å². The number of halogens is 1. The fraction of sp³-hybridized carbons (Fsp3) is 0.421. The standard InChI is InChI=1S/C19H22N4O3.ClH/c1-9-6-13(11(3)25-9)16-7-14(17-10(2)23-26-19(17)22-16)18(24)21-8-15(20)12-4-5-12;/h6-7,12,15H,4-5,8,20H2,1-3H3,(H,21,24);1H. The van der Waals surface area contributed by atoms with Gasteiger partial charge in [-0.25, -0.2) is 4.98 Å². The summed E-state index contributed by atoms with van der Waals surface area (Å²) in [6.07, 6.45) is 2.29. The zero-order chi connectivity index (χ0) is 18.4. The topological polar surface area (TPSA) is 107 Å². The Bertz CT molecular complexity index is 990. The predicted octanol–water partition coefficient (Wildman–Crippen LogP) is 3.30. The van der Waals surface area contributed by atoms with E-state index in [2.05, 4.69) is 15.5 Å². The average molecular weight is 391 g/mol.